The van der Waals surface area contributed by atoms with E-state index in [9.17, 15) is 0 Å². The van der Waals surface area contributed by atoms with Crippen molar-refractivity contribution in [3.05, 3.63) is 0 Å². The van der Waals surface area contributed by atoms with Gasteiger partial charge in [-0.1, -0.05) is 0 Å². The first kappa shape index (κ1) is 9.81. The summed E-state index contributed by atoms with van der Waals surface area (Å²) < 4.78 is 5.63. The number of rotatable bonds is 3. The van der Waals surface area contributed by atoms with Crippen molar-refractivity contribution < 1.29 is 4.74 Å². The largest absolute Gasteiger partial charge is 0.379 e. The highest BCUT2D eigenvalue weighted by Gasteiger charge is 2.44. The summed E-state index contributed by atoms with van der Waals surface area (Å²) in [6.45, 7) is 5.63. The average molecular weight is 201 g/mol. The van der Waals surface area contributed by atoms with E-state index in [1.807, 2.05) is 11.8 Å². The lowest BCUT2D eigenvalue weighted by atomic mass is 10.1. The third-order valence-corrected chi connectivity index (χ3v) is 3.68. The van der Waals surface area contributed by atoms with Gasteiger partial charge in [-0.2, -0.15) is 11.8 Å². The van der Waals surface area contributed by atoms with E-state index < -0.39 is 0 Å². The minimum Gasteiger partial charge on any atom is -0.379 e. The van der Waals surface area contributed by atoms with Crippen LogP contribution in [0.25, 0.3) is 0 Å². The van der Waals surface area contributed by atoms with Gasteiger partial charge >= 0.3 is 0 Å². The summed E-state index contributed by atoms with van der Waals surface area (Å²) in [5.41, 5.74) is 0.578. The fraction of sp³-hybridized carbons (Fsp3) is 1.00. The summed E-state index contributed by atoms with van der Waals surface area (Å²) >= 11 is 1.94. The summed E-state index contributed by atoms with van der Waals surface area (Å²) in [4.78, 5) is 2.58. The van der Waals surface area contributed by atoms with E-state index in [2.05, 4.69) is 11.2 Å². The molecule has 0 aromatic heterocycles. The molecule has 13 heavy (non-hydrogen) atoms. The summed E-state index contributed by atoms with van der Waals surface area (Å²) in [5.74, 6) is 1.26. The Balaban J connectivity index is 1.81. The molecule has 0 amide bonds. The normalized spacial score (nSPS) is 27.5. The number of thioether (sulfide) groups is 1. The fourth-order valence-corrected chi connectivity index (χ4v) is 2.41. The minimum atomic E-state index is 0.578. The highest BCUT2D eigenvalue weighted by molar-refractivity contribution is 7.98. The molecule has 2 nitrogen and oxygen atoms in total. The van der Waals surface area contributed by atoms with Crippen LogP contribution >= 0.6 is 11.8 Å². The Morgan fingerprint density at radius 1 is 1.46 bits per heavy atom. The van der Waals surface area contributed by atoms with E-state index in [1.54, 1.807) is 0 Å². The lowest BCUT2D eigenvalue weighted by Crippen LogP contribution is -2.32. The maximum atomic E-state index is 5.63. The van der Waals surface area contributed by atoms with Gasteiger partial charge in [-0.15, -0.1) is 0 Å². The average Bonchev–Trinajstić information content (AvgIpc) is 2.92. The zero-order valence-corrected chi connectivity index (χ0v) is 9.24. The molecular formula is C10H19NOS. The Morgan fingerprint density at radius 3 is 3.00 bits per heavy atom. The number of hydrogen-bond donors (Lipinski definition) is 0. The van der Waals surface area contributed by atoms with E-state index in [1.165, 1.54) is 31.7 Å². The smallest absolute Gasteiger partial charge is 0.0593 e. The van der Waals surface area contributed by atoms with Gasteiger partial charge in [0, 0.05) is 30.8 Å². The first-order chi connectivity index (χ1) is 6.35. The maximum Gasteiger partial charge on any atom is 0.0593 e. The second kappa shape index (κ2) is 4.20. The van der Waals surface area contributed by atoms with Crippen molar-refractivity contribution in [1.82, 2.24) is 4.90 Å². The molecule has 1 spiro atoms. The van der Waals surface area contributed by atoms with Crippen LogP contribution in [0.5, 0.6) is 0 Å². The molecule has 1 heterocycles. The lowest BCUT2D eigenvalue weighted by molar-refractivity contribution is 0.115. The van der Waals surface area contributed by atoms with Crippen LogP contribution in [0.1, 0.15) is 12.8 Å². The van der Waals surface area contributed by atoms with Crippen molar-refractivity contribution in [3.63, 3.8) is 0 Å². The Morgan fingerprint density at radius 2 is 2.31 bits per heavy atom. The first-order valence-electron chi connectivity index (χ1n) is 5.14. The molecule has 0 atom stereocenters. The van der Waals surface area contributed by atoms with Crippen LogP contribution in [0.2, 0.25) is 0 Å². The van der Waals surface area contributed by atoms with Crippen LogP contribution in [0, 0.1) is 5.41 Å². The van der Waals surface area contributed by atoms with E-state index in [0.29, 0.717) is 5.41 Å². The quantitative estimate of drug-likeness (QED) is 0.686. The zero-order valence-electron chi connectivity index (χ0n) is 8.42. The van der Waals surface area contributed by atoms with Gasteiger partial charge in [0.25, 0.3) is 0 Å². The van der Waals surface area contributed by atoms with Crippen molar-refractivity contribution in [1.29, 1.82) is 0 Å². The molecular weight excluding hydrogens is 182 g/mol. The summed E-state index contributed by atoms with van der Waals surface area (Å²) in [6, 6.07) is 0. The van der Waals surface area contributed by atoms with Crippen molar-refractivity contribution in [2.75, 3.05) is 44.9 Å². The maximum absolute atomic E-state index is 5.63. The van der Waals surface area contributed by atoms with Gasteiger partial charge < -0.3 is 4.74 Å². The van der Waals surface area contributed by atoms with E-state index in [0.717, 1.165) is 19.8 Å². The molecule has 3 heteroatoms. The Labute approximate surface area is 85.0 Å². The molecule has 0 aromatic rings. The van der Waals surface area contributed by atoms with E-state index in [4.69, 9.17) is 4.74 Å². The van der Waals surface area contributed by atoms with E-state index >= 15 is 0 Å². The highest BCUT2D eigenvalue weighted by Crippen LogP contribution is 2.47. The predicted octanol–water partition coefficient (Wildman–Crippen LogP) is 1.46. The molecule has 0 bridgehead atoms. The second-order valence-corrected chi connectivity index (χ2v) is 5.31. The number of nitrogens with zero attached hydrogens (tertiary/aromatic N) is 1. The fourth-order valence-electron chi connectivity index (χ4n) is 1.97. The molecule has 1 saturated carbocycles. The van der Waals surface area contributed by atoms with Crippen LogP contribution in [0.4, 0.5) is 0 Å². The molecule has 76 valence electrons. The van der Waals surface area contributed by atoms with Gasteiger partial charge in [0.05, 0.1) is 13.2 Å². The van der Waals surface area contributed by atoms with Crippen LogP contribution in [-0.2, 0) is 4.74 Å². The zero-order chi connectivity index (χ0) is 9.15. The summed E-state index contributed by atoms with van der Waals surface area (Å²) in [7, 11) is 0. The second-order valence-electron chi connectivity index (χ2n) is 4.32. The van der Waals surface area contributed by atoms with Gasteiger partial charge in [0.15, 0.2) is 0 Å². The standard InChI is InChI=1S/C10H19NOS/c1-13-7-5-11-4-6-12-9-10(8-11)2-3-10/h2-9H2,1H3. The Bertz CT molecular complexity index is 170. The highest BCUT2D eigenvalue weighted by atomic mass is 32.2. The van der Waals surface area contributed by atoms with Crippen molar-refractivity contribution in [2.24, 2.45) is 5.41 Å². The van der Waals surface area contributed by atoms with Crippen molar-refractivity contribution in [3.8, 4) is 0 Å². The predicted molar refractivity (Wildman–Crippen MR) is 57.3 cm³/mol. The molecule has 1 aliphatic carbocycles. The van der Waals surface area contributed by atoms with Crippen LogP contribution in [-0.4, -0.2) is 49.8 Å². The third-order valence-electron chi connectivity index (χ3n) is 3.09. The summed E-state index contributed by atoms with van der Waals surface area (Å²) in [5, 5.41) is 0. The SMILES string of the molecule is CSCCN1CCOCC2(CC2)C1. The molecule has 0 aromatic carbocycles. The van der Waals surface area contributed by atoms with E-state index in [-0.39, 0.29) is 0 Å². The van der Waals surface area contributed by atoms with Gasteiger partial charge in [-0.05, 0) is 19.1 Å². The Hall–Kier alpha value is 0.270. The topological polar surface area (TPSA) is 12.5 Å². The van der Waals surface area contributed by atoms with Crippen LogP contribution in [0.15, 0.2) is 0 Å². The molecule has 0 radical (unpaired) electrons. The monoisotopic (exact) mass is 201 g/mol. The molecule has 2 rings (SSSR count). The molecule has 2 aliphatic rings. The molecule has 0 unspecified atom stereocenters. The number of hydrogen-bond acceptors (Lipinski definition) is 3. The lowest BCUT2D eigenvalue weighted by Gasteiger charge is -2.22. The third kappa shape index (κ3) is 2.61. The van der Waals surface area contributed by atoms with Crippen molar-refractivity contribution >= 4 is 11.8 Å². The first-order valence-corrected chi connectivity index (χ1v) is 6.53. The molecule has 0 N–H and O–H groups in total. The number of ether oxygens (including phenoxy) is 1. The minimum absolute atomic E-state index is 0.578. The van der Waals surface area contributed by atoms with Crippen LogP contribution < -0.4 is 0 Å². The Kier molecular flexibility index (Phi) is 3.17. The van der Waals surface area contributed by atoms with Gasteiger partial charge in [0.2, 0.25) is 0 Å². The van der Waals surface area contributed by atoms with Gasteiger partial charge in [-0.25, -0.2) is 0 Å². The van der Waals surface area contributed by atoms with Crippen LogP contribution in [0.3, 0.4) is 0 Å². The molecule has 1 saturated heterocycles. The molecule has 2 fully saturated rings. The van der Waals surface area contributed by atoms with Gasteiger partial charge in [0.1, 0.15) is 0 Å². The summed E-state index contributed by atoms with van der Waals surface area (Å²) in [6.07, 6.45) is 4.97. The van der Waals surface area contributed by atoms with Crippen molar-refractivity contribution in [2.45, 2.75) is 12.8 Å². The van der Waals surface area contributed by atoms with Gasteiger partial charge in [-0.3, -0.25) is 4.90 Å². The molecule has 1 aliphatic heterocycles.